The summed E-state index contributed by atoms with van der Waals surface area (Å²) in [7, 11) is 0. The van der Waals surface area contributed by atoms with Crippen LogP contribution in [-0.2, 0) is 0 Å². The predicted molar refractivity (Wildman–Crippen MR) is 249 cm³/mol. The lowest BCUT2D eigenvalue weighted by Crippen LogP contribution is -1.93. The molecule has 270 valence electrons. The Morgan fingerprint density at radius 3 is 1.19 bits per heavy atom. The average molecular weight is 735 g/mol. The van der Waals surface area contributed by atoms with E-state index < -0.39 is 0 Å². The van der Waals surface area contributed by atoms with Gasteiger partial charge in [-0.05, 0) is 134 Å². The van der Waals surface area contributed by atoms with Gasteiger partial charge in [-0.15, -0.1) is 0 Å². The molecule has 0 heteroatoms. The summed E-state index contributed by atoms with van der Waals surface area (Å²) in [4.78, 5) is 0. The number of rotatable bonds is 6. The average Bonchev–Trinajstić information content (AvgIpc) is 3.30. The van der Waals surface area contributed by atoms with Crippen LogP contribution in [0.5, 0.6) is 0 Å². The van der Waals surface area contributed by atoms with E-state index in [2.05, 4.69) is 231 Å². The summed E-state index contributed by atoms with van der Waals surface area (Å²) in [6.07, 6.45) is 0. The Bertz CT molecular complexity index is 3180. The summed E-state index contributed by atoms with van der Waals surface area (Å²) in [6, 6.07) is 84.7. The minimum Gasteiger partial charge on any atom is -0.0622 e. The van der Waals surface area contributed by atoms with Crippen LogP contribution < -0.4 is 0 Å². The second-order valence-electron chi connectivity index (χ2n) is 15.2. The van der Waals surface area contributed by atoms with Gasteiger partial charge < -0.3 is 0 Å². The zero-order valence-corrected chi connectivity index (χ0v) is 31.9. The molecular formula is C58H38. The number of benzene rings is 11. The predicted octanol–water partition coefficient (Wildman–Crippen LogP) is 16.3. The molecule has 0 bridgehead atoms. The summed E-state index contributed by atoms with van der Waals surface area (Å²) >= 11 is 0. The van der Waals surface area contributed by atoms with Gasteiger partial charge >= 0.3 is 0 Å². The molecule has 0 nitrogen and oxygen atoms in total. The van der Waals surface area contributed by atoms with Crippen molar-refractivity contribution in [2.45, 2.75) is 0 Å². The molecule has 0 aliphatic carbocycles. The van der Waals surface area contributed by atoms with Crippen molar-refractivity contribution in [1.29, 1.82) is 0 Å². The molecule has 0 amide bonds. The van der Waals surface area contributed by atoms with Crippen molar-refractivity contribution in [2.75, 3.05) is 0 Å². The highest BCUT2D eigenvalue weighted by Crippen LogP contribution is 2.47. The molecular weight excluding hydrogens is 697 g/mol. The van der Waals surface area contributed by atoms with Gasteiger partial charge in [0.25, 0.3) is 0 Å². The Morgan fingerprint density at radius 1 is 0.172 bits per heavy atom. The second-order valence-corrected chi connectivity index (χ2v) is 15.2. The first-order valence-corrected chi connectivity index (χ1v) is 20.1. The minimum atomic E-state index is 1.19. The molecule has 0 atom stereocenters. The Hall–Kier alpha value is -7.54. The van der Waals surface area contributed by atoms with E-state index in [0.717, 1.165) is 0 Å². The van der Waals surface area contributed by atoms with E-state index in [1.807, 2.05) is 0 Å². The molecule has 0 N–H and O–H groups in total. The van der Waals surface area contributed by atoms with Gasteiger partial charge in [-0.3, -0.25) is 0 Å². The zero-order valence-electron chi connectivity index (χ0n) is 31.9. The normalized spacial score (nSPS) is 11.4. The van der Waals surface area contributed by atoms with Gasteiger partial charge in [0.2, 0.25) is 0 Å². The number of hydrogen-bond acceptors (Lipinski definition) is 0. The SMILES string of the molecule is c1ccc(-c2cc(-c3ccccc3)cc(-c3c(-c4cccc5ccccc45)ccc4ccc(-c5c6ccccc6c(-c6ccccc6)c6ccccc56)cc34)c2)cc1. The molecule has 0 spiro atoms. The molecule has 0 aliphatic heterocycles. The van der Waals surface area contributed by atoms with Gasteiger partial charge in [-0.25, -0.2) is 0 Å². The summed E-state index contributed by atoms with van der Waals surface area (Å²) in [5.41, 5.74) is 14.7. The topological polar surface area (TPSA) is 0 Å². The zero-order chi connectivity index (χ0) is 38.4. The van der Waals surface area contributed by atoms with Crippen LogP contribution >= 0.6 is 0 Å². The molecule has 11 aromatic carbocycles. The molecule has 0 fully saturated rings. The standard InChI is InChI=1S/C58H38/c1-4-17-39(18-5-1)45-35-46(40-19-6-2-7-20-40)37-47(36-45)58-54(49-30-16-24-41-21-10-11-25-48(41)49)34-33-42-31-32-44(38-55(42)58)57-52-28-14-12-26-50(52)56(43-22-8-3-9-23-43)51-27-13-15-29-53(51)57/h1-38H. The fraction of sp³-hybridized carbons (Fsp3) is 0. The van der Waals surface area contributed by atoms with Gasteiger partial charge in [0.15, 0.2) is 0 Å². The molecule has 0 aromatic heterocycles. The van der Waals surface area contributed by atoms with E-state index in [0.29, 0.717) is 0 Å². The van der Waals surface area contributed by atoms with Gasteiger partial charge in [0.1, 0.15) is 0 Å². The molecule has 0 unspecified atom stereocenters. The van der Waals surface area contributed by atoms with Crippen LogP contribution in [0.2, 0.25) is 0 Å². The Balaban J connectivity index is 1.25. The van der Waals surface area contributed by atoms with Crippen LogP contribution in [0, 0.1) is 0 Å². The molecule has 0 heterocycles. The van der Waals surface area contributed by atoms with Crippen molar-refractivity contribution in [1.82, 2.24) is 0 Å². The molecule has 0 aliphatic rings. The first-order chi connectivity index (χ1) is 28.8. The second kappa shape index (κ2) is 14.2. The fourth-order valence-electron chi connectivity index (χ4n) is 9.19. The van der Waals surface area contributed by atoms with Crippen LogP contribution in [0.3, 0.4) is 0 Å². The van der Waals surface area contributed by atoms with Crippen LogP contribution in [0.15, 0.2) is 231 Å². The van der Waals surface area contributed by atoms with Crippen LogP contribution in [0.25, 0.3) is 110 Å². The molecule has 0 radical (unpaired) electrons. The van der Waals surface area contributed by atoms with Crippen molar-refractivity contribution in [2.24, 2.45) is 0 Å². The van der Waals surface area contributed by atoms with Crippen molar-refractivity contribution in [3.05, 3.63) is 231 Å². The summed E-state index contributed by atoms with van der Waals surface area (Å²) < 4.78 is 0. The molecule has 0 saturated heterocycles. The maximum atomic E-state index is 2.47. The first kappa shape index (κ1) is 33.8. The monoisotopic (exact) mass is 734 g/mol. The maximum absolute atomic E-state index is 2.47. The van der Waals surface area contributed by atoms with E-state index in [-0.39, 0.29) is 0 Å². The van der Waals surface area contributed by atoms with E-state index in [1.54, 1.807) is 0 Å². The first-order valence-electron chi connectivity index (χ1n) is 20.1. The summed E-state index contributed by atoms with van der Waals surface area (Å²) in [5, 5.41) is 9.95. The largest absolute Gasteiger partial charge is 0.0622 e. The molecule has 58 heavy (non-hydrogen) atoms. The Morgan fingerprint density at radius 2 is 0.603 bits per heavy atom. The van der Waals surface area contributed by atoms with E-state index in [4.69, 9.17) is 0 Å². The number of fused-ring (bicyclic) bond motifs is 4. The van der Waals surface area contributed by atoms with Gasteiger partial charge in [0, 0.05) is 0 Å². The van der Waals surface area contributed by atoms with Crippen LogP contribution in [0.1, 0.15) is 0 Å². The minimum absolute atomic E-state index is 1.19. The molecule has 0 saturated carbocycles. The Kier molecular flexibility index (Phi) is 8.26. The third-order valence-electron chi connectivity index (χ3n) is 11.8. The lowest BCUT2D eigenvalue weighted by atomic mass is 9.83. The third-order valence-corrected chi connectivity index (χ3v) is 11.8. The van der Waals surface area contributed by atoms with E-state index >= 15 is 0 Å². The van der Waals surface area contributed by atoms with Crippen molar-refractivity contribution < 1.29 is 0 Å². The van der Waals surface area contributed by atoms with Crippen molar-refractivity contribution >= 4 is 43.1 Å². The van der Waals surface area contributed by atoms with Crippen LogP contribution in [0.4, 0.5) is 0 Å². The quantitative estimate of drug-likeness (QED) is 0.149. The van der Waals surface area contributed by atoms with Crippen LogP contribution in [-0.4, -0.2) is 0 Å². The number of hydrogen-bond donors (Lipinski definition) is 0. The lowest BCUT2D eigenvalue weighted by molar-refractivity contribution is 1.57. The van der Waals surface area contributed by atoms with E-state index in [1.165, 1.54) is 110 Å². The highest BCUT2D eigenvalue weighted by molar-refractivity contribution is 6.22. The van der Waals surface area contributed by atoms with E-state index in [9.17, 15) is 0 Å². The van der Waals surface area contributed by atoms with Gasteiger partial charge in [0.05, 0.1) is 0 Å². The van der Waals surface area contributed by atoms with Gasteiger partial charge in [-0.2, -0.15) is 0 Å². The Labute approximate surface area is 339 Å². The highest BCUT2D eigenvalue weighted by atomic mass is 14.2. The van der Waals surface area contributed by atoms with Crippen molar-refractivity contribution in [3.63, 3.8) is 0 Å². The maximum Gasteiger partial charge on any atom is -0.00259 e. The lowest BCUT2D eigenvalue weighted by Gasteiger charge is -2.20. The fourth-order valence-corrected chi connectivity index (χ4v) is 9.19. The molecule has 11 rings (SSSR count). The summed E-state index contributed by atoms with van der Waals surface area (Å²) in [6.45, 7) is 0. The van der Waals surface area contributed by atoms with Crippen molar-refractivity contribution in [3.8, 4) is 66.8 Å². The smallest absolute Gasteiger partial charge is 0.00259 e. The molecule has 11 aromatic rings. The highest BCUT2D eigenvalue weighted by Gasteiger charge is 2.20. The summed E-state index contributed by atoms with van der Waals surface area (Å²) in [5.74, 6) is 0. The van der Waals surface area contributed by atoms with Gasteiger partial charge in [-0.1, -0.05) is 206 Å². The third kappa shape index (κ3) is 5.78.